The van der Waals surface area contributed by atoms with Crippen LogP contribution in [-0.4, -0.2) is 0 Å². The number of aryl methyl sites for hydroxylation is 1. The molecule has 0 radical (unpaired) electrons. The van der Waals surface area contributed by atoms with E-state index in [-0.39, 0.29) is 11.9 Å². The quantitative estimate of drug-likeness (QED) is 0.632. The first kappa shape index (κ1) is 15.4. The van der Waals surface area contributed by atoms with Crippen LogP contribution < -0.4 is 11.3 Å². The van der Waals surface area contributed by atoms with Gasteiger partial charge in [0.15, 0.2) is 0 Å². The SMILES string of the molecule is Cc1ccc(C(Cc2c(F)cccc2Cl)NN)cc1Br. The zero-order valence-corrected chi connectivity index (χ0v) is 13.3. The molecule has 0 bridgehead atoms. The lowest BCUT2D eigenvalue weighted by molar-refractivity contribution is 0.529. The minimum Gasteiger partial charge on any atom is -0.271 e. The summed E-state index contributed by atoms with van der Waals surface area (Å²) in [6.45, 7) is 2.01. The molecule has 0 amide bonds. The molecule has 2 aromatic rings. The molecule has 1 atom stereocenters. The van der Waals surface area contributed by atoms with Gasteiger partial charge in [-0.25, -0.2) is 4.39 Å². The highest BCUT2D eigenvalue weighted by Crippen LogP contribution is 2.27. The average Bonchev–Trinajstić information content (AvgIpc) is 2.42. The summed E-state index contributed by atoms with van der Waals surface area (Å²) in [5, 5.41) is 0.413. The van der Waals surface area contributed by atoms with Crippen LogP contribution in [-0.2, 0) is 6.42 Å². The van der Waals surface area contributed by atoms with Gasteiger partial charge in [0.05, 0.1) is 6.04 Å². The van der Waals surface area contributed by atoms with Crippen LogP contribution in [0, 0.1) is 12.7 Å². The Morgan fingerprint density at radius 1 is 1.35 bits per heavy atom. The van der Waals surface area contributed by atoms with Gasteiger partial charge < -0.3 is 0 Å². The second-order valence-corrected chi connectivity index (χ2v) is 5.89. The lowest BCUT2D eigenvalue weighted by Crippen LogP contribution is -2.30. The van der Waals surface area contributed by atoms with Gasteiger partial charge in [0, 0.05) is 15.1 Å². The van der Waals surface area contributed by atoms with Crippen molar-refractivity contribution in [3.05, 3.63) is 68.4 Å². The molecule has 20 heavy (non-hydrogen) atoms. The van der Waals surface area contributed by atoms with Crippen LogP contribution in [0.5, 0.6) is 0 Å². The second kappa shape index (κ2) is 6.68. The fraction of sp³-hybridized carbons (Fsp3) is 0.200. The number of benzene rings is 2. The van der Waals surface area contributed by atoms with E-state index in [9.17, 15) is 4.39 Å². The van der Waals surface area contributed by atoms with Crippen molar-refractivity contribution in [1.29, 1.82) is 0 Å². The molecule has 0 aliphatic carbocycles. The summed E-state index contributed by atoms with van der Waals surface area (Å²) in [4.78, 5) is 0. The summed E-state index contributed by atoms with van der Waals surface area (Å²) >= 11 is 9.55. The van der Waals surface area contributed by atoms with Crippen LogP contribution in [0.3, 0.4) is 0 Å². The summed E-state index contributed by atoms with van der Waals surface area (Å²) in [6.07, 6.45) is 0.386. The Bertz CT molecular complexity index is 599. The van der Waals surface area contributed by atoms with Crippen molar-refractivity contribution in [1.82, 2.24) is 5.43 Å². The van der Waals surface area contributed by atoms with E-state index in [2.05, 4.69) is 21.4 Å². The number of halogens is 3. The standard InChI is InChI=1S/C15H15BrClFN2/c1-9-5-6-10(7-12(9)16)15(20-19)8-11-13(17)3-2-4-14(11)18/h2-7,15,20H,8,19H2,1H3. The smallest absolute Gasteiger partial charge is 0.127 e. The maximum Gasteiger partial charge on any atom is 0.127 e. The highest BCUT2D eigenvalue weighted by molar-refractivity contribution is 9.10. The van der Waals surface area contributed by atoms with Gasteiger partial charge in [-0.15, -0.1) is 0 Å². The maximum absolute atomic E-state index is 13.8. The molecule has 0 aliphatic rings. The first-order valence-electron chi connectivity index (χ1n) is 6.18. The van der Waals surface area contributed by atoms with Crippen LogP contribution in [0.2, 0.25) is 5.02 Å². The Kier molecular flexibility index (Phi) is 5.16. The van der Waals surface area contributed by atoms with Crippen molar-refractivity contribution < 1.29 is 4.39 Å². The van der Waals surface area contributed by atoms with Gasteiger partial charge in [-0.3, -0.25) is 11.3 Å². The lowest BCUT2D eigenvalue weighted by Gasteiger charge is -2.18. The molecule has 2 aromatic carbocycles. The minimum atomic E-state index is -0.316. The highest BCUT2D eigenvalue weighted by atomic mass is 79.9. The van der Waals surface area contributed by atoms with E-state index in [1.807, 2.05) is 25.1 Å². The molecule has 0 saturated carbocycles. The number of rotatable bonds is 4. The van der Waals surface area contributed by atoms with Gasteiger partial charge >= 0.3 is 0 Å². The summed E-state index contributed by atoms with van der Waals surface area (Å²) in [7, 11) is 0. The third-order valence-corrected chi connectivity index (χ3v) is 4.48. The van der Waals surface area contributed by atoms with E-state index in [1.54, 1.807) is 12.1 Å². The molecule has 106 valence electrons. The lowest BCUT2D eigenvalue weighted by atomic mass is 9.98. The Labute approximate surface area is 131 Å². The third kappa shape index (κ3) is 3.38. The Balaban J connectivity index is 2.31. The monoisotopic (exact) mass is 356 g/mol. The van der Waals surface area contributed by atoms with Crippen molar-refractivity contribution >= 4 is 27.5 Å². The molecule has 0 fully saturated rings. The predicted octanol–water partition coefficient (Wildman–Crippen LogP) is 4.30. The Morgan fingerprint density at radius 3 is 2.70 bits per heavy atom. The molecular weight excluding hydrogens is 343 g/mol. The fourth-order valence-electron chi connectivity index (χ4n) is 2.03. The van der Waals surface area contributed by atoms with Gasteiger partial charge in [0.2, 0.25) is 0 Å². The largest absolute Gasteiger partial charge is 0.271 e. The molecule has 0 aliphatic heterocycles. The molecule has 1 unspecified atom stereocenters. The van der Waals surface area contributed by atoms with Crippen molar-refractivity contribution in [3.63, 3.8) is 0 Å². The summed E-state index contributed by atoms with van der Waals surface area (Å²) in [6, 6.07) is 10.4. The summed E-state index contributed by atoms with van der Waals surface area (Å²) < 4.78 is 14.8. The van der Waals surface area contributed by atoms with Gasteiger partial charge in [0.25, 0.3) is 0 Å². The van der Waals surface area contributed by atoms with Crippen LogP contribution in [0.1, 0.15) is 22.7 Å². The third-order valence-electron chi connectivity index (χ3n) is 3.27. The van der Waals surface area contributed by atoms with Crippen LogP contribution >= 0.6 is 27.5 Å². The van der Waals surface area contributed by atoms with E-state index in [4.69, 9.17) is 17.4 Å². The Morgan fingerprint density at radius 2 is 2.10 bits per heavy atom. The fourth-order valence-corrected chi connectivity index (χ4v) is 2.67. The summed E-state index contributed by atoms with van der Waals surface area (Å²) in [5.74, 6) is 5.29. The first-order chi connectivity index (χ1) is 9.52. The number of nitrogens with two attached hydrogens (primary N) is 1. The van der Waals surface area contributed by atoms with E-state index in [0.717, 1.165) is 15.6 Å². The minimum absolute atomic E-state index is 0.207. The summed E-state index contributed by atoms with van der Waals surface area (Å²) in [5.41, 5.74) is 5.30. The van der Waals surface area contributed by atoms with E-state index in [1.165, 1.54) is 6.07 Å². The van der Waals surface area contributed by atoms with E-state index >= 15 is 0 Å². The van der Waals surface area contributed by atoms with Gasteiger partial charge in [-0.05, 0) is 42.7 Å². The number of hydrogen-bond acceptors (Lipinski definition) is 2. The highest BCUT2D eigenvalue weighted by Gasteiger charge is 2.16. The number of nitrogens with one attached hydrogen (secondary N) is 1. The van der Waals surface area contributed by atoms with Crippen molar-refractivity contribution in [2.24, 2.45) is 5.84 Å². The van der Waals surface area contributed by atoms with E-state index in [0.29, 0.717) is 17.0 Å². The average molecular weight is 358 g/mol. The molecule has 0 spiro atoms. The van der Waals surface area contributed by atoms with Gasteiger partial charge in [-0.2, -0.15) is 0 Å². The van der Waals surface area contributed by atoms with Crippen molar-refractivity contribution in [3.8, 4) is 0 Å². The van der Waals surface area contributed by atoms with Crippen LogP contribution in [0.15, 0.2) is 40.9 Å². The zero-order chi connectivity index (χ0) is 14.7. The van der Waals surface area contributed by atoms with Crippen LogP contribution in [0.4, 0.5) is 4.39 Å². The topological polar surface area (TPSA) is 38.0 Å². The molecule has 0 aromatic heterocycles. The number of hydrogen-bond donors (Lipinski definition) is 2. The van der Waals surface area contributed by atoms with Crippen molar-refractivity contribution in [2.45, 2.75) is 19.4 Å². The van der Waals surface area contributed by atoms with Gasteiger partial charge in [-0.1, -0.05) is 45.7 Å². The first-order valence-corrected chi connectivity index (χ1v) is 7.35. The zero-order valence-electron chi connectivity index (χ0n) is 11.0. The molecule has 2 nitrogen and oxygen atoms in total. The molecule has 0 heterocycles. The Hall–Kier alpha value is -0.940. The van der Waals surface area contributed by atoms with Gasteiger partial charge in [0.1, 0.15) is 5.82 Å². The molecule has 2 rings (SSSR count). The maximum atomic E-state index is 13.8. The number of hydrazine groups is 1. The predicted molar refractivity (Wildman–Crippen MR) is 84.1 cm³/mol. The normalized spacial score (nSPS) is 12.4. The molecule has 5 heteroatoms. The molecule has 3 N–H and O–H groups in total. The van der Waals surface area contributed by atoms with E-state index < -0.39 is 0 Å². The molecular formula is C15H15BrClFN2. The van der Waals surface area contributed by atoms with Crippen molar-refractivity contribution in [2.75, 3.05) is 0 Å². The van der Waals surface area contributed by atoms with Crippen LogP contribution in [0.25, 0.3) is 0 Å². The second-order valence-electron chi connectivity index (χ2n) is 4.63. The molecule has 0 saturated heterocycles.